The van der Waals surface area contributed by atoms with Gasteiger partial charge in [-0.1, -0.05) is 42.5 Å². The summed E-state index contributed by atoms with van der Waals surface area (Å²) in [6.45, 7) is 3.53. The van der Waals surface area contributed by atoms with E-state index >= 15 is 0 Å². The molecule has 0 saturated heterocycles. The van der Waals surface area contributed by atoms with E-state index in [1.807, 2.05) is 42.5 Å². The Morgan fingerprint density at radius 2 is 2.14 bits per heavy atom. The molecule has 3 nitrogen and oxygen atoms in total. The smallest absolute Gasteiger partial charge is 0.349 e. The maximum absolute atomic E-state index is 11.7. The Morgan fingerprint density at radius 3 is 2.82 bits per heavy atom. The number of benzene rings is 1. The number of rotatable bonds is 5. The molecule has 5 heteroatoms. The molecule has 0 aliphatic carbocycles. The molecular weight excluding hydrogens is 318 g/mol. The van der Waals surface area contributed by atoms with Crippen LogP contribution in [0.1, 0.15) is 4.88 Å². The quantitative estimate of drug-likeness (QED) is 0.345. The van der Waals surface area contributed by atoms with Crippen LogP contribution in [0.2, 0.25) is 5.02 Å². The van der Waals surface area contributed by atoms with Gasteiger partial charge in [-0.2, -0.15) is 5.26 Å². The molecule has 0 aliphatic rings. The van der Waals surface area contributed by atoms with Gasteiger partial charge in [0.15, 0.2) is 0 Å². The largest absolute Gasteiger partial charge is 0.457 e. The van der Waals surface area contributed by atoms with Crippen LogP contribution in [0.15, 0.2) is 54.6 Å². The Labute approximate surface area is 137 Å². The van der Waals surface area contributed by atoms with E-state index in [1.54, 1.807) is 0 Å². The van der Waals surface area contributed by atoms with Crippen LogP contribution in [-0.4, -0.2) is 12.6 Å². The van der Waals surface area contributed by atoms with Crippen LogP contribution in [0.4, 0.5) is 0 Å². The molecule has 0 aliphatic heterocycles. The molecule has 2 aromatic rings. The van der Waals surface area contributed by atoms with Crippen LogP contribution in [0.3, 0.4) is 0 Å². The number of carbonyl (C=O) groups is 1. The van der Waals surface area contributed by atoms with Crippen molar-refractivity contribution in [2.24, 2.45) is 0 Å². The zero-order chi connectivity index (χ0) is 15.9. The van der Waals surface area contributed by atoms with E-state index in [4.69, 9.17) is 21.6 Å². The van der Waals surface area contributed by atoms with E-state index in [0.717, 1.165) is 15.3 Å². The average molecular weight is 330 g/mol. The van der Waals surface area contributed by atoms with Crippen molar-refractivity contribution >= 4 is 35.0 Å². The first kappa shape index (κ1) is 16.0. The minimum Gasteiger partial charge on any atom is -0.457 e. The lowest BCUT2D eigenvalue weighted by atomic mass is 10.2. The van der Waals surface area contributed by atoms with Gasteiger partial charge in [0.1, 0.15) is 18.2 Å². The summed E-state index contributed by atoms with van der Waals surface area (Å²) in [6.07, 6.45) is 2.96. The number of hydrogen-bond acceptors (Lipinski definition) is 4. The summed E-state index contributed by atoms with van der Waals surface area (Å²) in [5, 5.41) is 9.72. The first-order valence-corrected chi connectivity index (χ1v) is 7.59. The van der Waals surface area contributed by atoms with Gasteiger partial charge in [0.2, 0.25) is 0 Å². The molecule has 1 aromatic carbocycles. The Hall–Kier alpha value is -2.35. The molecule has 110 valence electrons. The van der Waals surface area contributed by atoms with Crippen LogP contribution in [0, 0.1) is 11.3 Å². The number of carbonyl (C=O) groups excluding carboxylic acids is 1. The highest BCUT2D eigenvalue weighted by atomic mass is 35.5. The molecule has 22 heavy (non-hydrogen) atoms. The van der Waals surface area contributed by atoms with E-state index in [9.17, 15) is 4.79 Å². The highest BCUT2D eigenvalue weighted by Gasteiger charge is 2.11. The lowest BCUT2D eigenvalue weighted by molar-refractivity contribution is -0.137. The summed E-state index contributed by atoms with van der Waals surface area (Å²) in [6, 6.07) is 13.1. The Morgan fingerprint density at radius 1 is 1.36 bits per heavy atom. The van der Waals surface area contributed by atoms with Crippen molar-refractivity contribution in [2.75, 3.05) is 6.61 Å². The average Bonchev–Trinajstić information content (AvgIpc) is 2.99. The maximum Gasteiger partial charge on any atom is 0.349 e. The molecule has 0 spiro atoms. The summed E-state index contributed by atoms with van der Waals surface area (Å²) in [5.74, 6) is -0.657. The van der Waals surface area contributed by atoms with Gasteiger partial charge < -0.3 is 4.74 Å². The maximum atomic E-state index is 11.7. The van der Waals surface area contributed by atoms with Gasteiger partial charge >= 0.3 is 5.97 Å². The van der Waals surface area contributed by atoms with Gasteiger partial charge in [-0.05, 0) is 24.3 Å². The van der Waals surface area contributed by atoms with E-state index < -0.39 is 5.97 Å². The predicted octanol–water partition coefficient (Wildman–Crippen LogP) is 4.70. The van der Waals surface area contributed by atoms with Gasteiger partial charge in [0, 0.05) is 20.3 Å². The standard InChI is InChI=1S/C17H12ClNO2S/c1-2-9-21-17(20)12(11-19)10-13-7-8-16(22-13)14-5-3-4-6-15(14)18/h2-8,10H,1,9H2/b12-10+. The number of ether oxygens (including phenoxy) is 1. The monoisotopic (exact) mass is 329 g/mol. The van der Waals surface area contributed by atoms with Crippen LogP contribution in [0.25, 0.3) is 16.5 Å². The topological polar surface area (TPSA) is 50.1 Å². The Balaban J connectivity index is 2.26. The molecule has 0 atom stereocenters. The molecule has 0 amide bonds. The fourth-order valence-corrected chi connectivity index (χ4v) is 3.01. The van der Waals surface area contributed by atoms with Crippen LogP contribution in [0.5, 0.6) is 0 Å². The lowest BCUT2D eigenvalue weighted by Crippen LogP contribution is -2.06. The number of halogens is 1. The molecule has 0 unspecified atom stereocenters. The molecule has 1 heterocycles. The van der Waals surface area contributed by atoms with Gasteiger partial charge in [-0.15, -0.1) is 11.3 Å². The van der Waals surface area contributed by atoms with E-state index in [0.29, 0.717) is 5.02 Å². The number of nitriles is 1. The third-order valence-corrected chi connectivity index (χ3v) is 4.12. The Kier molecular flexibility index (Phi) is 5.54. The number of thiophene rings is 1. The first-order valence-electron chi connectivity index (χ1n) is 6.40. The minimum absolute atomic E-state index is 0.0468. The van der Waals surface area contributed by atoms with Crippen LogP contribution in [-0.2, 0) is 9.53 Å². The molecule has 0 radical (unpaired) electrons. The second-order valence-corrected chi connectivity index (χ2v) is 5.76. The molecule has 0 N–H and O–H groups in total. The normalized spacial score (nSPS) is 10.8. The minimum atomic E-state index is -0.657. The fraction of sp³-hybridized carbons (Fsp3) is 0.0588. The van der Waals surface area contributed by atoms with Crippen LogP contribution < -0.4 is 0 Å². The summed E-state index contributed by atoms with van der Waals surface area (Å²) in [4.78, 5) is 13.4. The van der Waals surface area contributed by atoms with E-state index in [2.05, 4.69) is 6.58 Å². The number of esters is 1. The zero-order valence-corrected chi connectivity index (χ0v) is 13.2. The highest BCUT2D eigenvalue weighted by Crippen LogP contribution is 2.33. The Bertz CT molecular complexity index is 771. The van der Waals surface area contributed by atoms with Crippen molar-refractivity contribution in [1.29, 1.82) is 5.26 Å². The summed E-state index contributed by atoms with van der Waals surface area (Å²) in [5.41, 5.74) is 0.871. The molecule has 2 rings (SSSR count). The van der Waals surface area contributed by atoms with E-state index in [1.165, 1.54) is 23.5 Å². The molecular formula is C17H12ClNO2S. The molecule has 1 aromatic heterocycles. The third kappa shape index (κ3) is 3.85. The van der Waals surface area contributed by atoms with Gasteiger partial charge in [0.25, 0.3) is 0 Å². The van der Waals surface area contributed by atoms with Gasteiger partial charge in [-0.3, -0.25) is 0 Å². The lowest BCUT2D eigenvalue weighted by Gasteiger charge is -2.00. The van der Waals surface area contributed by atoms with Gasteiger partial charge in [0.05, 0.1) is 0 Å². The van der Waals surface area contributed by atoms with Crippen molar-refractivity contribution in [1.82, 2.24) is 0 Å². The van der Waals surface area contributed by atoms with Crippen LogP contribution >= 0.6 is 22.9 Å². The molecule has 0 fully saturated rings. The molecule has 0 bridgehead atoms. The number of nitrogens with zero attached hydrogens (tertiary/aromatic N) is 1. The van der Waals surface area contributed by atoms with Crippen molar-refractivity contribution < 1.29 is 9.53 Å². The fourth-order valence-electron chi connectivity index (χ4n) is 1.73. The highest BCUT2D eigenvalue weighted by molar-refractivity contribution is 7.16. The first-order chi connectivity index (χ1) is 10.7. The van der Waals surface area contributed by atoms with E-state index in [-0.39, 0.29) is 12.2 Å². The predicted molar refractivity (Wildman–Crippen MR) is 89.5 cm³/mol. The van der Waals surface area contributed by atoms with Gasteiger partial charge in [-0.25, -0.2) is 4.79 Å². The second-order valence-electron chi connectivity index (χ2n) is 4.24. The summed E-state index contributed by atoms with van der Waals surface area (Å²) in [7, 11) is 0. The van der Waals surface area contributed by atoms with Crippen molar-refractivity contribution in [3.63, 3.8) is 0 Å². The SMILES string of the molecule is C=CCOC(=O)/C(C#N)=C/c1ccc(-c2ccccc2Cl)s1. The van der Waals surface area contributed by atoms with Crippen molar-refractivity contribution in [2.45, 2.75) is 0 Å². The summed E-state index contributed by atoms with van der Waals surface area (Å²) < 4.78 is 4.86. The van der Waals surface area contributed by atoms with Crippen molar-refractivity contribution in [3.8, 4) is 16.5 Å². The summed E-state index contributed by atoms with van der Waals surface area (Å²) >= 11 is 7.61. The second kappa shape index (κ2) is 7.60. The zero-order valence-electron chi connectivity index (χ0n) is 11.6. The molecule has 0 saturated carbocycles. The third-order valence-electron chi connectivity index (χ3n) is 2.73. The van der Waals surface area contributed by atoms with Crippen molar-refractivity contribution in [3.05, 3.63) is 64.5 Å². The number of hydrogen-bond donors (Lipinski definition) is 0.